The lowest BCUT2D eigenvalue weighted by molar-refractivity contribution is -0.143. The maximum Gasteiger partial charge on any atom is 0.407 e. The molecule has 1 amide bonds. The van der Waals surface area contributed by atoms with Crippen molar-refractivity contribution in [2.45, 2.75) is 12.4 Å². The van der Waals surface area contributed by atoms with Crippen LogP contribution in [0.25, 0.3) is 10.8 Å². The molecule has 2 heterocycles. The molecule has 0 spiro atoms. The van der Waals surface area contributed by atoms with Gasteiger partial charge in [-0.1, -0.05) is 0 Å². The van der Waals surface area contributed by atoms with E-state index in [-0.39, 0.29) is 34.5 Å². The number of aromatic nitrogens is 1. The third kappa shape index (κ3) is 2.61. The number of aliphatic hydroxyl groups is 1. The Morgan fingerprint density at radius 3 is 2.67 bits per heavy atom. The van der Waals surface area contributed by atoms with E-state index in [0.29, 0.717) is 0 Å². The smallest absolute Gasteiger partial charge is 0.407 e. The van der Waals surface area contributed by atoms with Crippen LogP contribution < -0.4 is 10.1 Å². The first kappa shape index (κ1) is 16.3. The lowest BCUT2D eigenvalue weighted by atomic mass is 9.97. The zero-order valence-corrected chi connectivity index (χ0v) is 12.8. The lowest BCUT2D eigenvalue weighted by Crippen LogP contribution is -2.29. The minimum Gasteiger partial charge on any atom is -0.481 e. The molecule has 0 fully saturated rings. The van der Waals surface area contributed by atoms with Crippen molar-refractivity contribution in [3.8, 4) is 5.88 Å². The van der Waals surface area contributed by atoms with Gasteiger partial charge in [-0.15, -0.1) is 0 Å². The monoisotopic (exact) mass is 340 g/mol. The van der Waals surface area contributed by atoms with Crippen LogP contribution in [0.5, 0.6) is 5.88 Å². The Labute approximate surface area is 135 Å². The molecule has 9 heteroatoms. The number of pyridine rings is 1. The first-order valence-electron chi connectivity index (χ1n) is 7.00. The van der Waals surface area contributed by atoms with Crippen molar-refractivity contribution >= 4 is 16.9 Å². The number of nitrogens with zero attached hydrogens (tertiary/aromatic N) is 1. The fourth-order valence-electron chi connectivity index (χ4n) is 2.62. The van der Waals surface area contributed by atoms with Gasteiger partial charge in [-0.25, -0.2) is 18.6 Å². The van der Waals surface area contributed by atoms with E-state index in [4.69, 9.17) is 14.2 Å². The largest absolute Gasteiger partial charge is 0.481 e. The highest BCUT2D eigenvalue weighted by atomic mass is 19.2. The molecule has 0 saturated carbocycles. The van der Waals surface area contributed by atoms with Crippen molar-refractivity contribution in [3.63, 3.8) is 0 Å². The molecule has 1 aliphatic heterocycles. The Morgan fingerprint density at radius 1 is 1.38 bits per heavy atom. The number of ether oxygens (including phenoxy) is 3. The van der Waals surface area contributed by atoms with E-state index >= 15 is 0 Å². The third-order valence-electron chi connectivity index (χ3n) is 3.69. The maximum absolute atomic E-state index is 13.8. The molecule has 0 saturated heterocycles. The van der Waals surface area contributed by atoms with Gasteiger partial charge >= 0.3 is 6.09 Å². The standard InChI is InChI=1S/C15H14F2N2O5/c1-18-15(21)24-10-5-23-14(20)12-11(10)6-3-8(16)9(17)4-7(6)13(19-12)22-2/h3-4,10,14,20H,5H2,1-2H3,(H,18,21)/t10-,14?/m1/s1. The zero-order chi connectivity index (χ0) is 17.4. The number of alkyl carbamates (subject to hydrolysis) is 1. The van der Waals surface area contributed by atoms with Gasteiger partial charge in [0.1, 0.15) is 5.69 Å². The van der Waals surface area contributed by atoms with Crippen molar-refractivity contribution < 1.29 is 32.9 Å². The van der Waals surface area contributed by atoms with E-state index in [1.165, 1.54) is 14.2 Å². The Balaban J connectivity index is 2.28. The molecule has 1 aromatic heterocycles. The van der Waals surface area contributed by atoms with Gasteiger partial charge in [-0.2, -0.15) is 0 Å². The number of rotatable bonds is 2. The summed E-state index contributed by atoms with van der Waals surface area (Å²) in [6.07, 6.45) is -3.09. The van der Waals surface area contributed by atoms with Crippen molar-refractivity contribution in [1.82, 2.24) is 10.3 Å². The molecule has 2 N–H and O–H groups in total. The number of carbonyl (C=O) groups excluding carboxylic acids is 1. The molecule has 1 unspecified atom stereocenters. The second-order valence-electron chi connectivity index (χ2n) is 5.06. The number of amides is 1. The molecule has 1 aliphatic rings. The molecule has 3 rings (SSSR count). The van der Waals surface area contributed by atoms with Crippen LogP contribution in [0.4, 0.5) is 13.6 Å². The van der Waals surface area contributed by atoms with E-state index in [9.17, 15) is 18.7 Å². The Kier molecular flexibility index (Phi) is 4.20. The second kappa shape index (κ2) is 6.17. The number of benzene rings is 1. The third-order valence-corrected chi connectivity index (χ3v) is 3.69. The Hall–Kier alpha value is -2.52. The summed E-state index contributed by atoms with van der Waals surface area (Å²) in [5, 5.41) is 12.7. The number of fused-ring (bicyclic) bond motifs is 3. The number of nitrogens with one attached hydrogen (secondary N) is 1. The lowest BCUT2D eigenvalue weighted by Gasteiger charge is -2.29. The maximum atomic E-state index is 13.8. The van der Waals surface area contributed by atoms with Gasteiger partial charge in [0, 0.05) is 18.0 Å². The molecular weight excluding hydrogens is 326 g/mol. The average molecular weight is 340 g/mol. The van der Waals surface area contributed by atoms with Gasteiger partial charge in [0.2, 0.25) is 5.88 Å². The van der Waals surface area contributed by atoms with E-state index in [1.807, 2.05) is 0 Å². The number of aliphatic hydroxyl groups excluding tert-OH is 1. The first-order chi connectivity index (χ1) is 11.5. The highest BCUT2D eigenvalue weighted by Crippen LogP contribution is 2.40. The van der Waals surface area contributed by atoms with E-state index < -0.39 is 30.1 Å². The molecule has 24 heavy (non-hydrogen) atoms. The predicted octanol–water partition coefficient (Wildman–Crippen LogP) is 1.94. The summed E-state index contributed by atoms with van der Waals surface area (Å²) < 4.78 is 42.8. The fraction of sp³-hybridized carbons (Fsp3) is 0.333. The number of carbonyl (C=O) groups is 1. The summed E-state index contributed by atoms with van der Waals surface area (Å²) >= 11 is 0. The predicted molar refractivity (Wildman–Crippen MR) is 77.4 cm³/mol. The molecule has 0 bridgehead atoms. The second-order valence-corrected chi connectivity index (χ2v) is 5.06. The highest BCUT2D eigenvalue weighted by molar-refractivity contribution is 5.91. The van der Waals surface area contributed by atoms with Gasteiger partial charge in [-0.05, 0) is 17.5 Å². The topological polar surface area (TPSA) is 89.9 Å². The molecule has 128 valence electrons. The Morgan fingerprint density at radius 2 is 2.04 bits per heavy atom. The highest BCUT2D eigenvalue weighted by Gasteiger charge is 2.34. The summed E-state index contributed by atoms with van der Waals surface area (Å²) in [4.78, 5) is 15.6. The summed E-state index contributed by atoms with van der Waals surface area (Å²) in [7, 11) is 2.69. The number of methoxy groups -OCH3 is 1. The number of halogens is 2. The van der Waals surface area contributed by atoms with Gasteiger partial charge in [0.05, 0.1) is 13.7 Å². The van der Waals surface area contributed by atoms with E-state index in [2.05, 4.69) is 10.3 Å². The molecule has 1 aromatic carbocycles. The minimum absolute atomic E-state index is 0.00843. The Bertz CT molecular complexity index is 814. The van der Waals surface area contributed by atoms with Crippen molar-refractivity contribution in [2.24, 2.45) is 0 Å². The van der Waals surface area contributed by atoms with Crippen LogP contribution in [0, 0.1) is 11.6 Å². The number of hydrogen-bond donors (Lipinski definition) is 2. The van der Waals surface area contributed by atoms with Gasteiger partial charge in [0.15, 0.2) is 24.0 Å². The quantitative estimate of drug-likeness (QED) is 0.868. The molecule has 0 aliphatic carbocycles. The van der Waals surface area contributed by atoms with Gasteiger partial charge in [0.25, 0.3) is 0 Å². The number of hydrogen-bond acceptors (Lipinski definition) is 6. The van der Waals surface area contributed by atoms with Gasteiger partial charge < -0.3 is 24.6 Å². The summed E-state index contributed by atoms with van der Waals surface area (Å²) in [6.45, 7) is -0.163. The van der Waals surface area contributed by atoms with Crippen molar-refractivity contribution in [2.75, 3.05) is 20.8 Å². The summed E-state index contributed by atoms with van der Waals surface area (Å²) in [5.74, 6) is -2.16. The average Bonchev–Trinajstić information content (AvgIpc) is 2.57. The SMILES string of the molecule is CNC(=O)O[C@@H]1COC(O)c2nc(OC)c3cc(F)c(F)cc3c21. The fourth-order valence-corrected chi connectivity index (χ4v) is 2.62. The van der Waals surface area contributed by atoms with Crippen LogP contribution in [0.2, 0.25) is 0 Å². The van der Waals surface area contributed by atoms with Crippen LogP contribution in [-0.4, -0.2) is 36.9 Å². The zero-order valence-electron chi connectivity index (χ0n) is 12.8. The molecule has 2 atom stereocenters. The molecule has 7 nitrogen and oxygen atoms in total. The summed E-state index contributed by atoms with van der Waals surface area (Å²) in [6, 6.07) is 1.89. The van der Waals surface area contributed by atoms with Crippen molar-refractivity contribution in [3.05, 3.63) is 35.0 Å². The van der Waals surface area contributed by atoms with E-state index in [0.717, 1.165) is 12.1 Å². The van der Waals surface area contributed by atoms with Crippen LogP contribution in [0.1, 0.15) is 23.7 Å². The van der Waals surface area contributed by atoms with Crippen LogP contribution >= 0.6 is 0 Å². The van der Waals surface area contributed by atoms with E-state index in [1.54, 1.807) is 0 Å². The van der Waals surface area contributed by atoms with Crippen LogP contribution in [-0.2, 0) is 9.47 Å². The molecule has 2 aromatic rings. The molecular formula is C15H14F2N2O5. The van der Waals surface area contributed by atoms with Crippen LogP contribution in [0.3, 0.4) is 0 Å². The van der Waals surface area contributed by atoms with Crippen molar-refractivity contribution in [1.29, 1.82) is 0 Å². The minimum atomic E-state index is -1.41. The van der Waals surface area contributed by atoms with Gasteiger partial charge in [-0.3, -0.25) is 0 Å². The first-order valence-corrected chi connectivity index (χ1v) is 7.00. The van der Waals surface area contributed by atoms with Crippen LogP contribution in [0.15, 0.2) is 12.1 Å². The normalized spacial score (nSPS) is 19.7. The molecule has 0 radical (unpaired) electrons. The summed E-state index contributed by atoms with van der Waals surface area (Å²) in [5.41, 5.74) is 0.262.